The third-order valence-electron chi connectivity index (χ3n) is 4.11. The molecule has 2 heterocycles. The van der Waals surface area contributed by atoms with E-state index in [1.54, 1.807) is 18.3 Å². The van der Waals surface area contributed by atoms with Gasteiger partial charge in [-0.1, -0.05) is 6.07 Å². The van der Waals surface area contributed by atoms with Gasteiger partial charge < -0.3 is 16.2 Å². The third-order valence-corrected chi connectivity index (χ3v) is 4.11. The highest BCUT2D eigenvalue weighted by atomic mass is 16.3. The van der Waals surface area contributed by atoms with Gasteiger partial charge in [-0.25, -0.2) is 9.97 Å². The first kappa shape index (κ1) is 18.5. The van der Waals surface area contributed by atoms with E-state index >= 15 is 0 Å². The van der Waals surface area contributed by atoms with E-state index in [9.17, 15) is 9.90 Å². The van der Waals surface area contributed by atoms with Crippen LogP contribution >= 0.6 is 0 Å². The average Bonchev–Trinajstić information content (AvgIpc) is 2.69. The lowest BCUT2D eigenvalue weighted by Crippen LogP contribution is -2.21. The van der Waals surface area contributed by atoms with Crippen molar-refractivity contribution in [2.45, 2.75) is 19.9 Å². The summed E-state index contributed by atoms with van der Waals surface area (Å²) in [5, 5.41) is 12.4. The minimum Gasteiger partial charge on any atom is -0.399 e. The normalized spacial score (nSPS) is 11.8. The lowest BCUT2D eigenvalue weighted by molar-refractivity contribution is 0.111. The highest BCUT2D eigenvalue weighted by Crippen LogP contribution is 2.29. The van der Waals surface area contributed by atoms with Crippen LogP contribution in [0.25, 0.3) is 22.5 Å². The highest BCUT2D eigenvalue weighted by molar-refractivity contribution is 5.77. The molecule has 0 fully saturated rings. The van der Waals surface area contributed by atoms with Crippen LogP contribution in [0.1, 0.15) is 23.0 Å². The Morgan fingerprint density at radius 3 is 2.70 bits per heavy atom. The molecule has 4 N–H and O–H groups in total. The number of benzene rings is 1. The monoisotopic (exact) mass is 363 g/mol. The molecule has 0 aliphatic rings. The SMILES string of the molecule is Cc1ccc(N)cc1-c1cc(-c2ccnc(C=O)c2)nc(N[C@H](C)CO)n1. The molecule has 7 heteroatoms. The summed E-state index contributed by atoms with van der Waals surface area (Å²) < 4.78 is 0. The number of aryl methyl sites for hydroxylation is 1. The number of carbonyl (C=O) groups is 1. The van der Waals surface area contributed by atoms with E-state index in [1.165, 1.54) is 0 Å². The first-order valence-electron chi connectivity index (χ1n) is 8.54. The molecule has 0 spiro atoms. The number of pyridine rings is 1. The Bertz CT molecular complexity index is 974. The van der Waals surface area contributed by atoms with Gasteiger partial charge in [0.05, 0.1) is 18.0 Å². The van der Waals surface area contributed by atoms with Crippen molar-refractivity contribution in [3.05, 3.63) is 53.9 Å². The molecule has 0 saturated carbocycles. The molecule has 0 aliphatic heterocycles. The molecule has 7 nitrogen and oxygen atoms in total. The van der Waals surface area contributed by atoms with E-state index in [-0.39, 0.29) is 12.6 Å². The van der Waals surface area contributed by atoms with E-state index in [0.29, 0.717) is 35.0 Å². The maximum absolute atomic E-state index is 11.1. The molecule has 0 unspecified atom stereocenters. The smallest absolute Gasteiger partial charge is 0.224 e. The van der Waals surface area contributed by atoms with Crippen LogP contribution in [-0.2, 0) is 0 Å². The Morgan fingerprint density at radius 1 is 1.19 bits per heavy atom. The number of aliphatic hydroxyl groups is 1. The van der Waals surface area contributed by atoms with Gasteiger partial charge in [0.2, 0.25) is 5.95 Å². The van der Waals surface area contributed by atoms with Crippen LogP contribution in [0.15, 0.2) is 42.6 Å². The first-order chi connectivity index (χ1) is 13.0. The molecule has 0 saturated heterocycles. The van der Waals surface area contributed by atoms with Crippen molar-refractivity contribution in [1.29, 1.82) is 0 Å². The second-order valence-corrected chi connectivity index (χ2v) is 6.35. The number of hydrogen-bond acceptors (Lipinski definition) is 7. The molecule has 1 atom stereocenters. The van der Waals surface area contributed by atoms with Gasteiger partial charge in [-0.15, -0.1) is 0 Å². The van der Waals surface area contributed by atoms with E-state index in [0.717, 1.165) is 16.7 Å². The number of aldehydes is 1. The van der Waals surface area contributed by atoms with Gasteiger partial charge in [-0.2, -0.15) is 0 Å². The molecule has 3 rings (SSSR count). The second kappa shape index (κ2) is 7.92. The van der Waals surface area contributed by atoms with Crippen molar-refractivity contribution < 1.29 is 9.90 Å². The fourth-order valence-electron chi connectivity index (χ4n) is 2.65. The van der Waals surface area contributed by atoms with Gasteiger partial charge in [-0.3, -0.25) is 9.78 Å². The summed E-state index contributed by atoms with van der Waals surface area (Å²) >= 11 is 0. The predicted octanol–water partition coefficient (Wildman–Crippen LogP) is 2.70. The Hall–Kier alpha value is -3.32. The van der Waals surface area contributed by atoms with Crippen LogP contribution in [0, 0.1) is 6.92 Å². The minimum absolute atomic E-state index is 0.0508. The molecular formula is C20H21N5O2. The molecule has 2 aromatic heterocycles. The summed E-state index contributed by atoms with van der Waals surface area (Å²) in [6.07, 6.45) is 2.26. The Labute approximate surface area is 157 Å². The summed E-state index contributed by atoms with van der Waals surface area (Å²) in [6.45, 7) is 3.76. The number of aromatic nitrogens is 3. The van der Waals surface area contributed by atoms with E-state index in [1.807, 2.05) is 38.1 Å². The van der Waals surface area contributed by atoms with Crippen molar-refractivity contribution in [3.8, 4) is 22.5 Å². The van der Waals surface area contributed by atoms with Gasteiger partial charge >= 0.3 is 0 Å². The molecule has 3 aromatic rings. The van der Waals surface area contributed by atoms with Gasteiger partial charge in [0.15, 0.2) is 6.29 Å². The van der Waals surface area contributed by atoms with Gasteiger partial charge in [0.25, 0.3) is 0 Å². The maximum Gasteiger partial charge on any atom is 0.224 e. The molecule has 0 radical (unpaired) electrons. The summed E-state index contributed by atoms with van der Waals surface area (Å²) in [4.78, 5) is 24.2. The van der Waals surface area contributed by atoms with Crippen LogP contribution in [0.5, 0.6) is 0 Å². The zero-order valence-corrected chi connectivity index (χ0v) is 15.2. The van der Waals surface area contributed by atoms with Gasteiger partial charge in [0.1, 0.15) is 5.69 Å². The van der Waals surface area contributed by atoms with E-state index < -0.39 is 0 Å². The number of hydrogen-bond donors (Lipinski definition) is 3. The van der Waals surface area contributed by atoms with Crippen LogP contribution in [0.4, 0.5) is 11.6 Å². The van der Waals surface area contributed by atoms with Crippen LogP contribution in [0.3, 0.4) is 0 Å². The topological polar surface area (TPSA) is 114 Å². The highest BCUT2D eigenvalue weighted by Gasteiger charge is 2.13. The Morgan fingerprint density at radius 2 is 1.96 bits per heavy atom. The molecule has 27 heavy (non-hydrogen) atoms. The number of nitrogens with two attached hydrogens (primary N) is 1. The third kappa shape index (κ3) is 4.27. The number of nitrogens with zero attached hydrogens (tertiary/aromatic N) is 3. The zero-order chi connectivity index (χ0) is 19.4. The summed E-state index contributed by atoms with van der Waals surface area (Å²) in [5.41, 5.74) is 10.9. The number of rotatable bonds is 6. The molecule has 0 amide bonds. The lowest BCUT2D eigenvalue weighted by atomic mass is 10.0. The fraction of sp³-hybridized carbons (Fsp3) is 0.200. The molecule has 138 valence electrons. The van der Waals surface area contributed by atoms with Crippen LogP contribution < -0.4 is 11.1 Å². The Balaban J connectivity index is 2.16. The maximum atomic E-state index is 11.1. The van der Waals surface area contributed by atoms with Gasteiger partial charge in [0, 0.05) is 29.1 Å². The molecule has 0 bridgehead atoms. The average molecular weight is 363 g/mol. The largest absolute Gasteiger partial charge is 0.399 e. The van der Waals surface area contributed by atoms with Crippen molar-refractivity contribution >= 4 is 17.9 Å². The Kier molecular flexibility index (Phi) is 5.42. The number of nitrogens with one attached hydrogen (secondary N) is 1. The number of aliphatic hydroxyl groups excluding tert-OH is 1. The summed E-state index contributed by atoms with van der Waals surface area (Å²) in [5.74, 6) is 0.385. The van der Waals surface area contributed by atoms with Crippen molar-refractivity contribution in [3.63, 3.8) is 0 Å². The van der Waals surface area contributed by atoms with Crippen molar-refractivity contribution in [1.82, 2.24) is 15.0 Å². The summed E-state index contributed by atoms with van der Waals surface area (Å²) in [6, 6.07) is 10.7. The minimum atomic E-state index is -0.210. The van der Waals surface area contributed by atoms with E-state index in [4.69, 9.17) is 5.73 Å². The first-order valence-corrected chi connectivity index (χ1v) is 8.54. The lowest BCUT2D eigenvalue weighted by Gasteiger charge is -2.15. The molecule has 1 aromatic carbocycles. The molecule has 0 aliphatic carbocycles. The van der Waals surface area contributed by atoms with Gasteiger partial charge in [-0.05, 0) is 49.7 Å². The second-order valence-electron chi connectivity index (χ2n) is 6.35. The van der Waals surface area contributed by atoms with Crippen molar-refractivity contribution in [2.24, 2.45) is 0 Å². The quantitative estimate of drug-likeness (QED) is 0.456. The van der Waals surface area contributed by atoms with Crippen LogP contribution in [-0.4, -0.2) is 39.0 Å². The number of anilines is 2. The predicted molar refractivity (Wildman–Crippen MR) is 105 cm³/mol. The molecular weight excluding hydrogens is 342 g/mol. The zero-order valence-electron chi connectivity index (χ0n) is 15.2. The van der Waals surface area contributed by atoms with Crippen molar-refractivity contribution in [2.75, 3.05) is 17.7 Å². The number of nitrogen functional groups attached to an aromatic ring is 1. The fourth-order valence-corrected chi connectivity index (χ4v) is 2.65. The van der Waals surface area contributed by atoms with E-state index in [2.05, 4.69) is 20.3 Å². The number of carbonyl (C=O) groups excluding carboxylic acids is 1. The van der Waals surface area contributed by atoms with Crippen LogP contribution in [0.2, 0.25) is 0 Å². The summed E-state index contributed by atoms with van der Waals surface area (Å²) in [7, 11) is 0. The standard InChI is InChI=1S/C20H21N5O2/c1-12-3-4-15(21)8-17(12)19-9-18(14-5-6-22-16(7-14)11-27)24-20(25-19)23-13(2)10-26/h3-9,11,13,26H,10,21H2,1-2H3,(H,23,24,25)/t13-/m1/s1.